The molecule has 84 valence electrons. The average Bonchev–Trinajstić information content (AvgIpc) is 2.16. The van der Waals surface area contributed by atoms with Gasteiger partial charge in [-0.05, 0) is 24.8 Å². The molecule has 0 aliphatic rings. The van der Waals surface area contributed by atoms with Crippen molar-refractivity contribution in [3.8, 4) is 0 Å². The summed E-state index contributed by atoms with van der Waals surface area (Å²) in [5, 5.41) is 1.38. The summed E-state index contributed by atoms with van der Waals surface area (Å²) < 4.78 is 31.8. The first-order chi connectivity index (χ1) is 7.39. The minimum atomic E-state index is -4.17. The third-order valence-electron chi connectivity index (χ3n) is 2.58. The van der Waals surface area contributed by atoms with Gasteiger partial charge in [-0.1, -0.05) is 35.9 Å². The highest BCUT2D eigenvalue weighted by molar-refractivity contribution is 7.86. The van der Waals surface area contributed by atoms with E-state index in [1.807, 2.05) is 25.1 Å². The second-order valence-electron chi connectivity index (χ2n) is 3.91. The van der Waals surface area contributed by atoms with E-state index in [0.29, 0.717) is 10.9 Å². The molecule has 0 bridgehead atoms. The SMILES string of the molecule is Cc1ccc2c(S(=O)(=O)O)c(C)ccc2c1. The number of rotatable bonds is 1. The fourth-order valence-corrected chi connectivity index (χ4v) is 2.81. The van der Waals surface area contributed by atoms with Crippen molar-refractivity contribution < 1.29 is 13.0 Å². The molecular formula is C12H12O3S. The largest absolute Gasteiger partial charge is 0.295 e. The van der Waals surface area contributed by atoms with Crippen LogP contribution in [0, 0.1) is 13.8 Å². The van der Waals surface area contributed by atoms with Crippen molar-refractivity contribution in [1.82, 2.24) is 0 Å². The van der Waals surface area contributed by atoms with Crippen LogP contribution in [0.5, 0.6) is 0 Å². The van der Waals surface area contributed by atoms with Gasteiger partial charge in [0, 0.05) is 5.39 Å². The van der Waals surface area contributed by atoms with Crippen molar-refractivity contribution in [3.05, 3.63) is 41.5 Å². The highest BCUT2D eigenvalue weighted by Gasteiger charge is 2.16. The number of hydrogen-bond donors (Lipinski definition) is 1. The molecule has 1 N–H and O–H groups in total. The van der Waals surface area contributed by atoms with Gasteiger partial charge in [-0.15, -0.1) is 0 Å². The Kier molecular flexibility index (Phi) is 2.48. The standard InChI is InChI=1S/C12H12O3S/c1-8-3-6-11-10(7-8)5-4-9(2)12(11)16(13,14)15/h3-7H,1-2H3,(H,13,14,15). The van der Waals surface area contributed by atoms with Crippen LogP contribution in [0.3, 0.4) is 0 Å². The van der Waals surface area contributed by atoms with Gasteiger partial charge in [0.2, 0.25) is 0 Å². The van der Waals surface area contributed by atoms with Crippen molar-refractivity contribution in [2.75, 3.05) is 0 Å². The Balaban J connectivity index is 2.97. The minimum Gasteiger partial charge on any atom is -0.282 e. The van der Waals surface area contributed by atoms with Crippen molar-refractivity contribution in [1.29, 1.82) is 0 Å². The summed E-state index contributed by atoms with van der Waals surface area (Å²) in [5.41, 5.74) is 1.61. The van der Waals surface area contributed by atoms with Gasteiger partial charge in [0.05, 0.1) is 0 Å². The second-order valence-corrected chi connectivity index (χ2v) is 5.27. The lowest BCUT2D eigenvalue weighted by molar-refractivity contribution is 0.483. The van der Waals surface area contributed by atoms with Gasteiger partial charge in [0.1, 0.15) is 4.90 Å². The van der Waals surface area contributed by atoms with Gasteiger partial charge >= 0.3 is 0 Å². The molecule has 0 aliphatic heterocycles. The predicted octanol–water partition coefficient (Wildman–Crippen LogP) is 2.70. The topological polar surface area (TPSA) is 54.4 Å². The Morgan fingerprint density at radius 3 is 2.38 bits per heavy atom. The van der Waals surface area contributed by atoms with E-state index in [1.165, 1.54) is 0 Å². The molecule has 0 aliphatic carbocycles. The highest BCUT2D eigenvalue weighted by atomic mass is 32.2. The molecule has 0 amide bonds. The zero-order chi connectivity index (χ0) is 11.9. The molecule has 0 heterocycles. The zero-order valence-electron chi connectivity index (χ0n) is 9.06. The van der Waals surface area contributed by atoms with Crippen molar-refractivity contribution in [2.24, 2.45) is 0 Å². The maximum absolute atomic E-state index is 11.3. The van der Waals surface area contributed by atoms with Crippen LogP contribution >= 0.6 is 0 Å². The summed E-state index contributed by atoms with van der Waals surface area (Å²) in [6.45, 7) is 3.61. The molecule has 4 heteroatoms. The monoisotopic (exact) mass is 236 g/mol. The van der Waals surface area contributed by atoms with Gasteiger partial charge in [0.15, 0.2) is 0 Å². The Hall–Kier alpha value is -1.39. The summed E-state index contributed by atoms with van der Waals surface area (Å²) in [4.78, 5) is 0.00463. The molecule has 0 aromatic heterocycles. The van der Waals surface area contributed by atoms with E-state index in [0.717, 1.165) is 10.9 Å². The number of benzene rings is 2. The van der Waals surface area contributed by atoms with E-state index in [9.17, 15) is 13.0 Å². The summed E-state index contributed by atoms with van der Waals surface area (Å²) in [5.74, 6) is 0. The molecule has 0 saturated carbocycles. The maximum Gasteiger partial charge on any atom is 0.295 e. The lowest BCUT2D eigenvalue weighted by Crippen LogP contribution is -2.02. The van der Waals surface area contributed by atoms with Gasteiger partial charge in [-0.2, -0.15) is 8.42 Å². The fraction of sp³-hybridized carbons (Fsp3) is 0.167. The van der Waals surface area contributed by atoms with Gasteiger partial charge in [0.25, 0.3) is 10.1 Å². The summed E-state index contributed by atoms with van der Waals surface area (Å²) >= 11 is 0. The van der Waals surface area contributed by atoms with Crippen molar-refractivity contribution in [3.63, 3.8) is 0 Å². The second kappa shape index (κ2) is 3.57. The van der Waals surface area contributed by atoms with Crippen LogP contribution in [0.1, 0.15) is 11.1 Å². The van der Waals surface area contributed by atoms with Crippen LogP contribution in [0.4, 0.5) is 0 Å². The number of fused-ring (bicyclic) bond motifs is 1. The first-order valence-electron chi connectivity index (χ1n) is 4.87. The molecule has 16 heavy (non-hydrogen) atoms. The molecule has 0 saturated heterocycles. The van der Waals surface area contributed by atoms with Crippen LogP contribution in [0.25, 0.3) is 10.8 Å². The Bertz CT molecular complexity index is 657. The smallest absolute Gasteiger partial charge is 0.282 e. The molecule has 2 aromatic rings. The first-order valence-corrected chi connectivity index (χ1v) is 6.31. The number of hydrogen-bond acceptors (Lipinski definition) is 2. The molecule has 0 atom stereocenters. The van der Waals surface area contributed by atoms with Crippen LogP contribution in [-0.4, -0.2) is 13.0 Å². The molecule has 3 nitrogen and oxygen atoms in total. The molecule has 0 radical (unpaired) electrons. The van der Waals surface area contributed by atoms with E-state index in [2.05, 4.69) is 0 Å². The van der Waals surface area contributed by atoms with E-state index in [4.69, 9.17) is 0 Å². The Labute approximate surface area is 94.5 Å². The maximum atomic E-state index is 11.3. The molecule has 2 rings (SSSR count). The summed E-state index contributed by atoms with van der Waals surface area (Å²) in [6.07, 6.45) is 0. The predicted molar refractivity (Wildman–Crippen MR) is 63.2 cm³/mol. The van der Waals surface area contributed by atoms with E-state index in [-0.39, 0.29) is 4.90 Å². The third kappa shape index (κ3) is 1.81. The Morgan fingerprint density at radius 1 is 1.06 bits per heavy atom. The lowest BCUT2D eigenvalue weighted by atomic mass is 10.1. The molecular weight excluding hydrogens is 224 g/mol. The normalized spacial score (nSPS) is 11.9. The van der Waals surface area contributed by atoms with Crippen LogP contribution < -0.4 is 0 Å². The molecule has 0 spiro atoms. The highest BCUT2D eigenvalue weighted by Crippen LogP contribution is 2.26. The Morgan fingerprint density at radius 2 is 1.75 bits per heavy atom. The fourth-order valence-electron chi connectivity index (χ4n) is 1.87. The summed E-state index contributed by atoms with van der Waals surface area (Å²) in [6, 6.07) is 9.00. The van der Waals surface area contributed by atoms with Crippen LogP contribution in [-0.2, 0) is 10.1 Å². The zero-order valence-corrected chi connectivity index (χ0v) is 9.88. The number of aryl methyl sites for hydroxylation is 2. The lowest BCUT2D eigenvalue weighted by Gasteiger charge is -2.07. The van der Waals surface area contributed by atoms with E-state index in [1.54, 1.807) is 19.1 Å². The van der Waals surface area contributed by atoms with Crippen molar-refractivity contribution in [2.45, 2.75) is 18.7 Å². The van der Waals surface area contributed by atoms with Crippen LogP contribution in [0.15, 0.2) is 35.2 Å². The molecule has 0 unspecified atom stereocenters. The van der Waals surface area contributed by atoms with Gasteiger partial charge in [-0.3, -0.25) is 4.55 Å². The third-order valence-corrected chi connectivity index (χ3v) is 3.64. The van der Waals surface area contributed by atoms with E-state index >= 15 is 0 Å². The average molecular weight is 236 g/mol. The molecule has 0 fully saturated rings. The van der Waals surface area contributed by atoms with Gasteiger partial charge < -0.3 is 0 Å². The van der Waals surface area contributed by atoms with E-state index < -0.39 is 10.1 Å². The summed E-state index contributed by atoms with van der Waals surface area (Å²) in [7, 11) is -4.17. The minimum absolute atomic E-state index is 0.00463. The molecule has 2 aromatic carbocycles. The van der Waals surface area contributed by atoms with Gasteiger partial charge in [-0.25, -0.2) is 0 Å². The van der Waals surface area contributed by atoms with Crippen molar-refractivity contribution >= 4 is 20.9 Å². The first kappa shape index (κ1) is 11.1. The quantitative estimate of drug-likeness (QED) is 0.774. The van der Waals surface area contributed by atoms with Crippen LogP contribution in [0.2, 0.25) is 0 Å².